The number of phosphoric ester groups is 2. The molecule has 0 aromatic rings. The molecular weight excluding hydrogens is 1280 g/mol. The van der Waals surface area contributed by atoms with Crippen LogP contribution in [0.15, 0.2) is 0 Å². The molecule has 0 saturated heterocycles. The maximum atomic E-state index is 13.1. The van der Waals surface area contributed by atoms with E-state index in [0.717, 1.165) is 109 Å². The van der Waals surface area contributed by atoms with Crippen LogP contribution in [0.3, 0.4) is 0 Å². The number of carbonyl (C=O) groups is 4. The van der Waals surface area contributed by atoms with E-state index in [9.17, 15) is 43.2 Å². The second-order valence-electron chi connectivity index (χ2n) is 28.7. The minimum Gasteiger partial charge on any atom is -0.462 e. The average molecular weight is 1440 g/mol. The lowest BCUT2D eigenvalue weighted by Crippen LogP contribution is -2.30. The van der Waals surface area contributed by atoms with Gasteiger partial charge < -0.3 is 33.8 Å². The van der Waals surface area contributed by atoms with Gasteiger partial charge in [0.15, 0.2) is 12.2 Å². The number of carbonyl (C=O) groups excluding carboxylic acids is 4. The number of rotatable bonds is 79. The molecule has 0 aromatic heterocycles. The van der Waals surface area contributed by atoms with Crippen LogP contribution in [-0.4, -0.2) is 96.7 Å². The Hall–Kier alpha value is -1.94. The smallest absolute Gasteiger partial charge is 0.462 e. The topological polar surface area (TPSA) is 237 Å². The molecule has 0 rings (SSSR count). The average Bonchev–Trinajstić information content (AvgIpc) is 1.11. The summed E-state index contributed by atoms with van der Waals surface area (Å²) in [5.41, 5.74) is 0. The molecule has 0 fully saturated rings. The molecule has 6 atom stereocenters. The van der Waals surface area contributed by atoms with Gasteiger partial charge in [0.1, 0.15) is 19.3 Å². The van der Waals surface area contributed by atoms with E-state index >= 15 is 0 Å². The van der Waals surface area contributed by atoms with Crippen molar-refractivity contribution in [3.05, 3.63) is 0 Å². The van der Waals surface area contributed by atoms with Crippen LogP contribution in [0.4, 0.5) is 0 Å². The molecule has 582 valence electrons. The summed E-state index contributed by atoms with van der Waals surface area (Å²) >= 11 is 0. The summed E-state index contributed by atoms with van der Waals surface area (Å²) in [4.78, 5) is 72.8. The lowest BCUT2D eigenvalue weighted by molar-refractivity contribution is -0.161. The first-order valence-electron chi connectivity index (χ1n) is 41.2. The number of phosphoric acid groups is 2. The molecule has 0 aliphatic carbocycles. The Bertz CT molecular complexity index is 1880. The Morgan fingerprint density at radius 3 is 0.724 bits per heavy atom. The van der Waals surface area contributed by atoms with Gasteiger partial charge in [0, 0.05) is 25.7 Å². The van der Waals surface area contributed by atoms with Crippen LogP contribution in [-0.2, 0) is 65.4 Å². The van der Waals surface area contributed by atoms with Gasteiger partial charge in [0.25, 0.3) is 0 Å². The maximum absolute atomic E-state index is 13.1. The van der Waals surface area contributed by atoms with Gasteiger partial charge in [-0.2, -0.15) is 0 Å². The third-order valence-corrected chi connectivity index (χ3v) is 20.8. The van der Waals surface area contributed by atoms with Crippen LogP contribution < -0.4 is 0 Å². The van der Waals surface area contributed by atoms with Crippen molar-refractivity contribution >= 4 is 39.5 Å². The van der Waals surface area contributed by atoms with Gasteiger partial charge in [-0.05, 0) is 31.6 Å². The normalized spacial score (nSPS) is 14.2. The zero-order chi connectivity index (χ0) is 71.9. The summed E-state index contributed by atoms with van der Waals surface area (Å²) in [7, 11) is -9.91. The molecule has 0 heterocycles. The molecule has 98 heavy (non-hydrogen) atoms. The number of hydrogen-bond donors (Lipinski definition) is 3. The van der Waals surface area contributed by atoms with Crippen LogP contribution in [0.2, 0.25) is 0 Å². The van der Waals surface area contributed by atoms with Gasteiger partial charge in [-0.15, -0.1) is 0 Å². The Balaban J connectivity index is 5.18. The standard InChI is InChI=1S/C79H154O17P2/c1-6-10-13-16-19-21-23-25-27-28-29-30-31-37-41-45-50-55-60-65-79(84)96-75(69-90-77(82)63-58-53-48-43-39-36-33-32-34-38-42-47-51-56-61-72(5)9-4)71-94-98(87,88)92-67-73(80)66-91-97(85,86)93-70-74(68-89-76(81)62-57-52-46-18-15-12-8-3)95-78(83)64-59-54-49-44-40-35-26-24-22-20-17-14-11-7-2/h72-75,80H,6-71H2,1-5H3,(H,85,86)(H,87,88)/t72?,73-,74+,75+/m0/s1. The molecule has 0 radical (unpaired) electrons. The molecule has 0 saturated carbocycles. The maximum Gasteiger partial charge on any atom is 0.472 e. The second-order valence-corrected chi connectivity index (χ2v) is 31.6. The monoisotopic (exact) mass is 1440 g/mol. The first-order valence-corrected chi connectivity index (χ1v) is 44.2. The summed E-state index contributed by atoms with van der Waals surface area (Å²) in [5, 5.41) is 10.6. The quantitative estimate of drug-likeness (QED) is 0.0222. The zero-order valence-electron chi connectivity index (χ0n) is 63.9. The highest BCUT2D eigenvalue weighted by molar-refractivity contribution is 7.47. The van der Waals surface area contributed by atoms with E-state index in [1.807, 2.05) is 0 Å². The summed E-state index contributed by atoms with van der Waals surface area (Å²) in [5.74, 6) is -1.26. The fourth-order valence-corrected chi connectivity index (χ4v) is 13.8. The summed E-state index contributed by atoms with van der Waals surface area (Å²) in [6.07, 6.45) is 62.5. The lowest BCUT2D eigenvalue weighted by atomic mass is 9.99. The Morgan fingerprint density at radius 2 is 0.490 bits per heavy atom. The van der Waals surface area contributed by atoms with Gasteiger partial charge in [-0.3, -0.25) is 37.3 Å². The van der Waals surface area contributed by atoms with E-state index in [1.54, 1.807) is 0 Å². The molecule has 0 aromatic carbocycles. The predicted molar refractivity (Wildman–Crippen MR) is 400 cm³/mol. The molecular formula is C79H154O17P2. The Labute approximate surface area is 600 Å². The number of ether oxygens (including phenoxy) is 4. The molecule has 3 unspecified atom stereocenters. The molecule has 0 spiro atoms. The van der Waals surface area contributed by atoms with Gasteiger partial charge >= 0.3 is 39.5 Å². The van der Waals surface area contributed by atoms with Gasteiger partial charge in [0.05, 0.1) is 26.4 Å². The minimum absolute atomic E-state index is 0.108. The van der Waals surface area contributed by atoms with Crippen LogP contribution in [0.1, 0.15) is 420 Å². The lowest BCUT2D eigenvalue weighted by Gasteiger charge is -2.21. The van der Waals surface area contributed by atoms with Crippen LogP contribution >= 0.6 is 15.6 Å². The van der Waals surface area contributed by atoms with Crippen molar-refractivity contribution in [2.75, 3.05) is 39.6 Å². The summed E-state index contributed by atoms with van der Waals surface area (Å²) in [6, 6.07) is 0. The number of hydrogen-bond acceptors (Lipinski definition) is 15. The fourth-order valence-electron chi connectivity index (χ4n) is 12.2. The number of esters is 4. The first-order chi connectivity index (χ1) is 47.6. The third-order valence-electron chi connectivity index (χ3n) is 18.9. The Kier molecular flexibility index (Phi) is 70.6. The van der Waals surface area contributed by atoms with Crippen LogP contribution in [0.25, 0.3) is 0 Å². The van der Waals surface area contributed by atoms with Crippen LogP contribution in [0, 0.1) is 5.92 Å². The minimum atomic E-state index is -4.96. The van der Waals surface area contributed by atoms with E-state index in [-0.39, 0.29) is 25.7 Å². The van der Waals surface area contributed by atoms with Crippen molar-refractivity contribution in [2.24, 2.45) is 5.92 Å². The van der Waals surface area contributed by atoms with E-state index in [0.29, 0.717) is 25.7 Å². The Morgan fingerprint density at radius 1 is 0.286 bits per heavy atom. The van der Waals surface area contributed by atoms with Gasteiger partial charge in [-0.1, -0.05) is 369 Å². The highest BCUT2D eigenvalue weighted by Crippen LogP contribution is 2.45. The summed E-state index contributed by atoms with van der Waals surface area (Å²) in [6.45, 7) is 7.33. The molecule has 0 aliphatic rings. The fraction of sp³-hybridized carbons (Fsp3) is 0.949. The number of aliphatic hydroxyl groups is 1. The van der Waals surface area contributed by atoms with E-state index in [2.05, 4.69) is 34.6 Å². The van der Waals surface area contributed by atoms with Gasteiger partial charge in [0.2, 0.25) is 0 Å². The molecule has 3 N–H and O–H groups in total. The summed E-state index contributed by atoms with van der Waals surface area (Å²) < 4.78 is 68.5. The largest absolute Gasteiger partial charge is 0.472 e. The first kappa shape index (κ1) is 96.1. The van der Waals surface area contributed by atoms with Crippen molar-refractivity contribution < 1.29 is 80.2 Å². The van der Waals surface area contributed by atoms with Crippen molar-refractivity contribution in [3.8, 4) is 0 Å². The van der Waals surface area contributed by atoms with Crippen molar-refractivity contribution in [3.63, 3.8) is 0 Å². The highest BCUT2D eigenvalue weighted by Gasteiger charge is 2.30. The molecule has 0 aliphatic heterocycles. The van der Waals surface area contributed by atoms with E-state index < -0.39 is 97.5 Å². The number of unbranched alkanes of at least 4 members (excludes halogenated alkanes) is 50. The SMILES string of the molecule is CCCCCCCCCCCCCCCCCCCCCC(=O)O[C@H](COC(=O)CCCCCCCCCCCCCCCCC(C)CC)COP(=O)(O)OC[C@@H](O)COP(=O)(O)OC[C@@H](COC(=O)CCCCCCCCC)OC(=O)CCCCCCCCCCCCCCCC. The van der Waals surface area contributed by atoms with E-state index in [4.69, 9.17) is 37.0 Å². The highest BCUT2D eigenvalue weighted by atomic mass is 31.2. The second kappa shape index (κ2) is 72.0. The van der Waals surface area contributed by atoms with Crippen LogP contribution in [0.5, 0.6) is 0 Å². The van der Waals surface area contributed by atoms with Gasteiger partial charge in [-0.25, -0.2) is 9.13 Å². The van der Waals surface area contributed by atoms with E-state index in [1.165, 1.54) is 231 Å². The predicted octanol–water partition coefficient (Wildman–Crippen LogP) is 23.6. The third kappa shape index (κ3) is 71.1. The molecule has 0 bridgehead atoms. The molecule has 17 nitrogen and oxygen atoms in total. The number of aliphatic hydroxyl groups excluding tert-OH is 1. The van der Waals surface area contributed by atoms with Crippen molar-refractivity contribution in [1.29, 1.82) is 0 Å². The zero-order valence-corrected chi connectivity index (χ0v) is 65.7. The van der Waals surface area contributed by atoms with Crippen molar-refractivity contribution in [1.82, 2.24) is 0 Å². The van der Waals surface area contributed by atoms with Crippen molar-refractivity contribution in [2.45, 2.75) is 438 Å². The molecule has 0 amide bonds. The molecule has 19 heteroatoms.